The van der Waals surface area contributed by atoms with Gasteiger partial charge >= 0.3 is 0 Å². The van der Waals surface area contributed by atoms with E-state index < -0.39 is 0 Å². The van der Waals surface area contributed by atoms with E-state index >= 15 is 0 Å². The van der Waals surface area contributed by atoms with Gasteiger partial charge in [0.25, 0.3) is 0 Å². The van der Waals surface area contributed by atoms with Crippen molar-refractivity contribution in [3.63, 3.8) is 0 Å². The van der Waals surface area contributed by atoms with Crippen molar-refractivity contribution in [2.75, 3.05) is 13.7 Å². The summed E-state index contributed by atoms with van der Waals surface area (Å²) in [5, 5.41) is 2.86. The van der Waals surface area contributed by atoms with Gasteiger partial charge in [-0.1, -0.05) is 13.0 Å². The van der Waals surface area contributed by atoms with Crippen LogP contribution in [0.3, 0.4) is 0 Å². The van der Waals surface area contributed by atoms with Crippen LogP contribution in [0, 0.1) is 5.92 Å². The van der Waals surface area contributed by atoms with Crippen LogP contribution in [0.25, 0.3) is 0 Å². The Morgan fingerprint density at radius 2 is 2.33 bits per heavy atom. The summed E-state index contributed by atoms with van der Waals surface area (Å²) in [4.78, 5) is 15.6. The molecule has 0 aliphatic heterocycles. The molecule has 0 aliphatic carbocycles. The van der Waals surface area contributed by atoms with Crippen molar-refractivity contribution in [1.82, 2.24) is 10.3 Å². The summed E-state index contributed by atoms with van der Waals surface area (Å²) in [5.41, 5.74) is 6.45. The SMILES string of the molecule is COc1ccc(CNC(=O)CCC(C)CN)cn1. The lowest BCUT2D eigenvalue weighted by Crippen LogP contribution is -2.24. The smallest absolute Gasteiger partial charge is 0.220 e. The number of rotatable bonds is 7. The van der Waals surface area contributed by atoms with Crippen molar-refractivity contribution >= 4 is 5.91 Å². The average Bonchev–Trinajstić information content (AvgIpc) is 2.42. The van der Waals surface area contributed by atoms with E-state index in [4.69, 9.17) is 10.5 Å². The van der Waals surface area contributed by atoms with Crippen molar-refractivity contribution in [2.24, 2.45) is 11.7 Å². The molecule has 0 aliphatic rings. The van der Waals surface area contributed by atoms with Gasteiger partial charge in [-0.05, 0) is 24.4 Å². The van der Waals surface area contributed by atoms with E-state index in [-0.39, 0.29) is 5.91 Å². The fraction of sp³-hybridized carbons (Fsp3) is 0.538. The fourth-order valence-electron chi connectivity index (χ4n) is 1.42. The fourth-order valence-corrected chi connectivity index (χ4v) is 1.42. The number of carbonyl (C=O) groups excluding carboxylic acids is 1. The van der Waals surface area contributed by atoms with Crippen LogP contribution in [0.15, 0.2) is 18.3 Å². The zero-order valence-electron chi connectivity index (χ0n) is 11.0. The third kappa shape index (κ3) is 5.14. The number of pyridine rings is 1. The van der Waals surface area contributed by atoms with E-state index in [0.717, 1.165) is 12.0 Å². The summed E-state index contributed by atoms with van der Waals surface area (Å²) in [6.45, 7) is 3.16. The molecule has 0 aromatic carbocycles. The molecule has 5 heteroatoms. The van der Waals surface area contributed by atoms with E-state index in [2.05, 4.69) is 10.3 Å². The van der Waals surface area contributed by atoms with Gasteiger partial charge in [0.1, 0.15) is 0 Å². The molecular formula is C13H21N3O2. The molecule has 5 nitrogen and oxygen atoms in total. The topological polar surface area (TPSA) is 77.2 Å². The first-order valence-electron chi connectivity index (χ1n) is 6.11. The summed E-state index contributed by atoms with van der Waals surface area (Å²) >= 11 is 0. The van der Waals surface area contributed by atoms with Crippen LogP contribution < -0.4 is 15.8 Å². The number of nitrogens with two attached hydrogens (primary N) is 1. The van der Waals surface area contributed by atoms with Gasteiger partial charge in [-0.25, -0.2) is 4.98 Å². The van der Waals surface area contributed by atoms with Gasteiger partial charge in [-0.2, -0.15) is 0 Å². The van der Waals surface area contributed by atoms with Gasteiger partial charge < -0.3 is 15.8 Å². The summed E-state index contributed by atoms with van der Waals surface area (Å²) < 4.78 is 4.96. The predicted octanol–water partition coefficient (Wildman–Crippen LogP) is 1.08. The first-order valence-corrected chi connectivity index (χ1v) is 6.11. The normalized spacial score (nSPS) is 11.9. The minimum Gasteiger partial charge on any atom is -0.481 e. The highest BCUT2D eigenvalue weighted by molar-refractivity contribution is 5.75. The van der Waals surface area contributed by atoms with Crippen LogP contribution in [0.4, 0.5) is 0 Å². The van der Waals surface area contributed by atoms with Crippen LogP contribution in [0.5, 0.6) is 5.88 Å². The molecule has 0 saturated carbocycles. The van der Waals surface area contributed by atoms with Crippen LogP contribution in [0.2, 0.25) is 0 Å². The van der Waals surface area contributed by atoms with Gasteiger partial charge in [0.05, 0.1) is 7.11 Å². The lowest BCUT2D eigenvalue weighted by atomic mass is 10.1. The van der Waals surface area contributed by atoms with Gasteiger partial charge in [-0.3, -0.25) is 4.79 Å². The summed E-state index contributed by atoms with van der Waals surface area (Å²) in [5.74, 6) is 1.01. The van der Waals surface area contributed by atoms with Gasteiger partial charge in [0.2, 0.25) is 11.8 Å². The second kappa shape index (κ2) is 7.66. The maximum absolute atomic E-state index is 11.6. The first kappa shape index (κ1) is 14.4. The molecule has 1 rings (SSSR count). The molecule has 1 atom stereocenters. The Morgan fingerprint density at radius 1 is 1.56 bits per heavy atom. The third-order valence-corrected chi connectivity index (χ3v) is 2.76. The number of amides is 1. The highest BCUT2D eigenvalue weighted by Crippen LogP contribution is 2.07. The predicted molar refractivity (Wildman–Crippen MR) is 70.1 cm³/mol. The molecule has 3 N–H and O–H groups in total. The number of methoxy groups -OCH3 is 1. The van der Waals surface area contributed by atoms with Crippen LogP contribution in [-0.4, -0.2) is 24.5 Å². The Labute approximate surface area is 108 Å². The van der Waals surface area contributed by atoms with Crippen LogP contribution in [-0.2, 0) is 11.3 Å². The Morgan fingerprint density at radius 3 is 2.89 bits per heavy atom. The zero-order chi connectivity index (χ0) is 13.4. The maximum Gasteiger partial charge on any atom is 0.220 e. The zero-order valence-corrected chi connectivity index (χ0v) is 11.0. The van der Waals surface area contributed by atoms with E-state index in [1.165, 1.54) is 0 Å². The van der Waals surface area contributed by atoms with Gasteiger partial charge in [-0.15, -0.1) is 0 Å². The van der Waals surface area contributed by atoms with Crippen molar-refractivity contribution in [3.8, 4) is 5.88 Å². The summed E-state index contributed by atoms with van der Waals surface area (Å²) in [7, 11) is 1.57. The van der Waals surface area contributed by atoms with E-state index in [0.29, 0.717) is 31.3 Å². The van der Waals surface area contributed by atoms with Crippen molar-refractivity contribution in [3.05, 3.63) is 23.9 Å². The Bertz CT molecular complexity index is 365. The molecule has 0 bridgehead atoms. The Balaban J connectivity index is 2.29. The minimum absolute atomic E-state index is 0.0473. The Hall–Kier alpha value is -1.62. The molecule has 1 aromatic rings. The van der Waals surface area contributed by atoms with E-state index in [9.17, 15) is 4.79 Å². The van der Waals surface area contributed by atoms with Crippen molar-refractivity contribution in [2.45, 2.75) is 26.3 Å². The average molecular weight is 251 g/mol. The number of nitrogens with one attached hydrogen (secondary N) is 1. The number of ether oxygens (including phenoxy) is 1. The van der Waals surface area contributed by atoms with E-state index in [1.54, 1.807) is 19.4 Å². The number of aromatic nitrogens is 1. The molecule has 0 fully saturated rings. The molecule has 1 amide bonds. The monoisotopic (exact) mass is 251 g/mol. The number of carbonyl (C=O) groups is 1. The number of hydrogen-bond acceptors (Lipinski definition) is 4. The Kier molecular flexibility index (Phi) is 6.14. The van der Waals surface area contributed by atoms with Gasteiger partial charge in [0, 0.05) is 25.2 Å². The molecular weight excluding hydrogens is 230 g/mol. The molecule has 18 heavy (non-hydrogen) atoms. The molecule has 100 valence electrons. The maximum atomic E-state index is 11.6. The van der Waals surface area contributed by atoms with Crippen molar-refractivity contribution in [1.29, 1.82) is 0 Å². The quantitative estimate of drug-likeness (QED) is 0.760. The summed E-state index contributed by atoms with van der Waals surface area (Å²) in [6.07, 6.45) is 3.03. The second-order valence-corrected chi connectivity index (χ2v) is 4.37. The van der Waals surface area contributed by atoms with Crippen LogP contribution >= 0.6 is 0 Å². The number of hydrogen-bond donors (Lipinski definition) is 2. The molecule has 1 heterocycles. The number of nitrogens with zero attached hydrogens (tertiary/aromatic N) is 1. The molecule has 1 aromatic heterocycles. The molecule has 0 spiro atoms. The van der Waals surface area contributed by atoms with Crippen LogP contribution in [0.1, 0.15) is 25.3 Å². The lowest BCUT2D eigenvalue weighted by Gasteiger charge is -2.08. The molecule has 0 saturated heterocycles. The summed E-state index contributed by atoms with van der Waals surface area (Å²) in [6, 6.07) is 3.66. The standard InChI is InChI=1S/C13H21N3O2/c1-10(7-14)3-5-12(17)15-8-11-4-6-13(18-2)16-9-11/h4,6,9-10H,3,5,7-8,14H2,1-2H3,(H,15,17). The second-order valence-electron chi connectivity index (χ2n) is 4.37. The highest BCUT2D eigenvalue weighted by Gasteiger charge is 2.05. The minimum atomic E-state index is 0.0473. The first-order chi connectivity index (χ1) is 8.65. The van der Waals surface area contributed by atoms with Gasteiger partial charge in [0.15, 0.2) is 0 Å². The molecule has 1 unspecified atom stereocenters. The van der Waals surface area contributed by atoms with E-state index in [1.807, 2.05) is 13.0 Å². The largest absolute Gasteiger partial charge is 0.481 e. The third-order valence-electron chi connectivity index (χ3n) is 2.76. The lowest BCUT2D eigenvalue weighted by molar-refractivity contribution is -0.121. The molecule has 0 radical (unpaired) electrons. The highest BCUT2D eigenvalue weighted by atomic mass is 16.5. The van der Waals surface area contributed by atoms with Crippen molar-refractivity contribution < 1.29 is 9.53 Å².